The van der Waals surface area contributed by atoms with Crippen LogP contribution in [0.4, 0.5) is 5.69 Å². The monoisotopic (exact) mass is 551 g/mol. The van der Waals surface area contributed by atoms with Crippen molar-refractivity contribution in [3.8, 4) is 0 Å². The number of hydrogen-bond acceptors (Lipinski definition) is 6. The number of rotatable bonds is 8. The molecular formula is C29H37N5O6. The van der Waals surface area contributed by atoms with Crippen LogP contribution in [-0.2, 0) is 24.0 Å². The van der Waals surface area contributed by atoms with Crippen molar-refractivity contribution in [3.63, 3.8) is 0 Å². The summed E-state index contributed by atoms with van der Waals surface area (Å²) in [5, 5.41) is 20.3. The van der Waals surface area contributed by atoms with Crippen LogP contribution in [0.3, 0.4) is 0 Å². The van der Waals surface area contributed by atoms with E-state index < -0.39 is 42.1 Å². The molecule has 2 heterocycles. The number of carbonyl (C=O) groups excluding carboxylic acids is 5. The van der Waals surface area contributed by atoms with Crippen LogP contribution in [0, 0.1) is 0 Å². The lowest BCUT2D eigenvalue weighted by atomic mass is 10.1. The Kier molecular flexibility index (Phi) is 9.03. The predicted octanol–water partition coefficient (Wildman–Crippen LogP) is 1.15. The maximum absolute atomic E-state index is 13.6. The highest BCUT2D eigenvalue weighted by atomic mass is 16.3. The van der Waals surface area contributed by atoms with Gasteiger partial charge in [0.1, 0.15) is 24.2 Å². The summed E-state index contributed by atoms with van der Waals surface area (Å²) in [4.78, 5) is 67.3. The van der Waals surface area contributed by atoms with Gasteiger partial charge in [0.05, 0.1) is 6.10 Å². The topological polar surface area (TPSA) is 148 Å². The minimum absolute atomic E-state index is 0.326. The van der Waals surface area contributed by atoms with Gasteiger partial charge in [-0.1, -0.05) is 30.3 Å². The highest BCUT2D eigenvalue weighted by Gasteiger charge is 2.43. The lowest BCUT2D eigenvalue weighted by molar-refractivity contribution is -0.148. The van der Waals surface area contributed by atoms with Crippen molar-refractivity contribution >= 4 is 46.0 Å². The lowest BCUT2D eigenvalue weighted by Crippen LogP contribution is -2.58. The summed E-state index contributed by atoms with van der Waals surface area (Å²) in [6.45, 7) is 5.06. The first-order valence-electron chi connectivity index (χ1n) is 13.7. The number of hydrogen-bond donors (Lipinski definition) is 4. The van der Waals surface area contributed by atoms with Gasteiger partial charge in [0.15, 0.2) is 0 Å². The fraction of sp³-hybridized carbons (Fsp3) is 0.483. The van der Waals surface area contributed by atoms with Gasteiger partial charge in [-0.25, -0.2) is 0 Å². The van der Waals surface area contributed by atoms with Crippen molar-refractivity contribution in [1.82, 2.24) is 20.4 Å². The van der Waals surface area contributed by atoms with E-state index in [1.807, 2.05) is 36.4 Å². The van der Waals surface area contributed by atoms with Crippen molar-refractivity contribution in [1.29, 1.82) is 0 Å². The van der Waals surface area contributed by atoms with Gasteiger partial charge in [-0.15, -0.1) is 0 Å². The third kappa shape index (κ3) is 6.41. The van der Waals surface area contributed by atoms with Gasteiger partial charge in [0.2, 0.25) is 29.5 Å². The third-order valence-electron chi connectivity index (χ3n) is 7.53. The van der Waals surface area contributed by atoms with Crippen molar-refractivity contribution in [3.05, 3.63) is 42.5 Å². The largest absolute Gasteiger partial charge is 0.391 e. The quantitative estimate of drug-likeness (QED) is 0.387. The lowest BCUT2D eigenvalue weighted by Gasteiger charge is -2.33. The standard InChI is InChI=1S/C29H37N5O6/c1-17(30-19(3)36)28(39)34-15-7-11-24(34)29(40)33-14-6-10-23(33)26(37)32-25(18(2)35)27(38)31-22-13-12-20-8-4-5-9-21(20)16-22/h4-5,8-9,12-13,16-18,23-25,35H,6-7,10-11,14-15H2,1-3H3,(H,30,36)(H,31,38)(H,32,37)/t17-,18+,23-,24-,25-/m0/s1. The Hall–Kier alpha value is -3.99. The number of anilines is 1. The molecule has 2 fully saturated rings. The van der Waals surface area contributed by atoms with Gasteiger partial charge >= 0.3 is 0 Å². The first kappa shape index (κ1) is 29.0. The first-order chi connectivity index (χ1) is 19.1. The van der Waals surface area contributed by atoms with Gasteiger partial charge in [0, 0.05) is 25.7 Å². The van der Waals surface area contributed by atoms with E-state index in [2.05, 4.69) is 16.0 Å². The molecule has 0 aromatic heterocycles. The summed E-state index contributed by atoms with van der Waals surface area (Å²) in [6.07, 6.45) is 0.910. The number of benzene rings is 2. The van der Waals surface area contributed by atoms with Crippen LogP contribution in [0.2, 0.25) is 0 Å². The zero-order chi connectivity index (χ0) is 29.0. The molecular weight excluding hydrogens is 514 g/mol. The summed E-state index contributed by atoms with van der Waals surface area (Å²) < 4.78 is 0. The van der Waals surface area contributed by atoms with E-state index in [1.54, 1.807) is 13.0 Å². The smallest absolute Gasteiger partial charge is 0.249 e. The van der Waals surface area contributed by atoms with Crippen LogP contribution >= 0.6 is 0 Å². The maximum atomic E-state index is 13.6. The molecule has 5 amide bonds. The molecule has 11 nitrogen and oxygen atoms in total. The number of fused-ring (bicyclic) bond motifs is 1. The molecule has 0 saturated carbocycles. The molecule has 0 spiro atoms. The normalized spacial score (nSPS) is 21.0. The molecule has 2 aliphatic heterocycles. The molecule has 5 atom stereocenters. The minimum Gasteiger partial charge on any atom is -0.391 e. The van der Waals surface area contributed by atoms with E-state index >= 15 is 0 Å². The van der Waals surface area contributed by atoms with Crippen LogP contribution in [0.5, 0.6) is 0 Å². The van der Waals surface area contributed by atoms with Gasteiger partial charge in [0.25, 0.3) is 0 Å². The highest BCUT2D eigenvalue weighted by Crippen LogP contribution is 2.26. The molecule has 2 aromatic carbocycles. The summed E-state index contributed by atoms with van der Waals surface area (Å²) in [6, 6.07) is 9.58. The van der Waals surface area contributed by atoms with Crippen molar-refractivity contribution in [2.75, 3.05) is 18.4 Å². The molecule has 4 rings (SSSR count). The van der Waals surface area contributed by atoms with Crippen LogP contribution in [0.15, 0.2) is 42.5 Å². The number of amides is 5. The van der Waals surface area contributed by atoms with E-state index in [4.69, 9.17) is 0 Å². The van der Waals surface area contributed by atoms with Gasteiger partial charge < -0.3 is 30.9 Å². The zero-order valence-corrected chi connectivity index (χ0v) is 23.1. The molecule has 0 unspecified atom stereocenters. The molecule has 11 heteroatoms. The number of aliphatic hydroxyl groups excluding tert-OH is 1. The minimum atomic E-state index is -1.24. The Labute approximate surface area is 233 Å². The number of carbonyl (C=O) groups is 5. The number of likely N-dealkylation sites (tertiary alicyclic amines) is 2. The predicted molar refractivity (Wildman–Crippen MR) is 149 cm³/mol. The van der Waals surface area contributed by atoms with Gasteiger partial charge in [-0.3, -0.25) is 24.0 Å². The SMILES string of the molecule is CC(=O)N[C@@H](C)C(=O)N1CCC[C@H]1C(=O)N1CCC[C@H]1C(=O)N[C@H](C(=O)Nc1ccc2ccccc2c1)[C@@H](C)O. The second-order valence-corrected chi connectivity index (χ2v) is 10.6. The summed E-state index contributed by atoms with van der Waals surface area (Å²) >= 11 is 0. The van der Waals surface area contributed by atoms with E-state index in [9.17, 15) is 29.1 Å². The Bertz CT molecular complexity index is 1300. The molecule has 4 N–H and O–H groups in total. The number of nitrogens with one attached hydrogen (secondary N) is 3. The molecule has 0 aliphatic carbocycles. The number of aliphatic hydroxyl groups is 1. The average molecular weight is 552 g/mol. The van der Waals surface area contributed by atoms with Crippen LogP contribution in [0.1, 0.15) is 46.5 Å². The molecule has 214 valence electrons. The van der Waals surface area contributed by atoms with Crippen LogP contribution < -0.4 is 16.0 Å². The molecule has 0 radical (unpaired) electrons. The molecule has 40 heavy (non-hydrogen) atoms. The summed E-state index contributed by atoms with van der Waals surface area (Å²) in [5.74, 6) is -2.11. The van der Waals surface area contributed by atoms with Crippen molar-refractivity contribution < 1.29 is 29.1 Å². The van der Waals surface area contributed by atoms with Crippen LogP contribution in [0.25, 0.3) is 10.8 Å². The molecule has 0 bridgehead atoms. The Balaban J connectivity index is 1.42. The van der Waals surface area contributed by atoms with E-state index in [0.717, 1.165) is 10.8 Å². The second-order valence-electron chi connectivity index (χ2n) is 10.6. The van der Waals surface area contributed by atoms with E-state index in [-0.39, 0.29) is 17.7 Å². The molecule has 2 aliphatic rings. The Morgan fingerprint density at radius 1 is 0.875 bits per heavy atom. The summed E-state index contributed by atoms with van der Waals surface area (Å²) in [7, 11) is 0. The Morgan fingerprint density at radius 3 is 2.20 bits per heavy atom. The maximum Gasteiger partial charge on any atom is 0.249 e. The van der Waals surface area contributed by atoms with Crippen molar-refractivity contribution in [2.45, 2.75) is 76.7 Å². The van der Waals surface area contributed by atoms with Crippen molar-refractivity contribution in [2.24, 2.45) is 0 Å². The van der Waals surface area contributed by atoms with E-state index in [0.29, 0.717) is 44.5 Å². The van der Waals surface area contributed by atoms with Gasteiger partial charge in [-0.2, -0.15) is 0 Å². The number of nitrogens with zero attached hydrogens (tertiary/aromatic N) is 2. The average Bonchev–Trinajstić information content (AvgIpc) is 3.60. The molecule has 2 saturated heterocycles. The van der Waals surface area contributed by atoms with E-state index in [1.165, 1.54) is 23.6 Å². The fourth-order valence-corrected chi connectivity index (χ4v) is 5.54. The third-order valence-corrected chi connectivity index (χ3v) is 7.53. The fourth-order valence-electron chi connectivity index (χ4n) is 5.54. The molecule has 2 aromatic rings. The second kappa shape index (κ2) is 12.5. The van der Waals surface area contributed by atoms with Crippen LogP contribution in [-0.4, -0.2) is 87.8 Å². The zero-order valence-electron chi connectivity index (χ0n) is 23.1. The van der Waals surface area contributed by atoms with Gasteiger partial charge in [-0.05, 0) is 62.4 Å². The first-order valence-corrected chi connectivity index (χ1v) is 13.7. The Morgan fingerprint density at radius 2 is 1.52 bits per heavy atom. The highest BCUT2D eigenvalue weighted by molar-refractivity contribution is 6.01. The summed E-state index contributed by atoms with van der Waals surface area (Å²) in [5.41, 5.74) is 0.528.